The SMILES string of the molecule is CC(=O)/C=C(/C)O.CC(C)Cc1cc[c-]c(C2CCC3CCCCC3[N-]2)c1.[Ir]. The minimum Gasteiger partial charge on any atom is -0.654 e. The second-order valence-electron chi connectivity index (χ2n) is 8.50. The minimum absolute atomic E-state index is 0. The summed E-state index contributed by atoms with van der Waals surface area (Å²) in [4.78, 5) is 10.0. The predicted octanol–water partition coefficient (Wildman–Crippen LogP) is 6.49. The predicted molar refractivity (Wildman–Crippen MR) is 112 cm³/mol. The third kappa shape index (κ3) is 8.59. The van der Waals surface area contributed by atoms with Gasteiger partial charge in [0.25, 0.3) is 0 Å². The van der Waals surface area contributed by atoms with Crippen molar-refractivity contribution in [1.82, 2.24) is 0 Å². The Morgan fingerprint density at radius 1 is 1.25 bits per heavy atom. The van der Waals surface area contributed by atoms with Gasteiger partial charge in [-0.05, 0) is 26.2 Å². The van der Waals surface area contributed by atoms with E-state index in [9.17, 15) is 4.79 Å². The number of rotatable bonds is 4. The van der Waals surface area contributed by atoms with Crippen molar-refractivity contribution in [3.8, 4) is 0 Å². The zero-order valence-electron chi connectivity index (χ0n) is 17.7. The van der Waals surface area contributed by atoms with E-state index < -0.39 is 0 Å². The molecule has 0 aromatic heterocycles. The van der Waals surface area contributed by atoms with E-state index in [1.54, 1.807) is 0 Å². The summed E-state index contributed by atoms with van der Waals surface area (Å²) < 4.78 is 0. The Hall–Kier alpha value is -0.961. The zero-order chi connectivity index (χ0) is 19.8. The first-order valence-electron chi connectivity index (χ1n) is 10.4. The summed E-state index contributed by atoms with van der Waals surface area (Å²) in [6, 6.07) is 11.2. The standard InChI is InChI=1S/C19H27N.C5H8O2.Ir/c1-14(2)12-15-6-5-8-17(13-15)19-11-10-16-7-3-4-9-18(16)20-19;1-4(6)3-5(2)7;/h5-6,13-14,16,18-19H,3-4,7,9-12H2,1-2H3;3,6H,1-2H3;/q-2;;/b;4-3-;. The van der Waals surface area contributed by atoms with E-state index in [4.69, 9.17) is 10.4 Å². The molecule has 1 radical (unpaired) electrons. The maximum Gasteiger partial charge on any atom is 0.155 e. The van der Waals surface area contributed by atoms with Crippen LogP contribution in [0.3, 0.4) is 0 Å². The molecule has 3 nitrogen and oxygen atoms in total. The van der Waals surface area contributed by atoms with Crippen LogP contribution in [0.15, 0.2) is 30.0 Å². The summed E-state index contributed by atoms with van der Waals surface area (Å²) in [5.41, 5.74) is 2.79. The maximum atomic E-state index is 10.0. The van der Waals surface area contributed by atoms with Crippen LogP contribution < -0.4 is 0 Å². The van der Waals surface area contributed by atoms with Crippen molar-refractivity contribution in [3.63, 3.8) is 0 Å². The van der Waals surface area contributed by atoms with Crippen molar-refractivity contribution in [1.29, 1.82) is 0 Å². The van der Waals surface area contributed by atoms with Gasteiger partial charge >= 0.3 is 0 Å². The first-order valence-corrected chi connectivity index (χ1v) is 10.4. The van der Waals surface area contributed by atoms with E-state index in [0.29, 0.717) is 12.1 Å². The number of carbonyl (C=O) groups excluding carboxylic acids is 1. The number of fused-ring (bicyclic) bond motifs is 1. The first-order chi connectivity index (χ1) is 12.8. The Bertz CT molecular complexity index is 637. The molecule has 1 heterocycles. The molecule has 2 fully saturated rings. The largest absolute Gasteiger partial charge is 0.654 e. The number of hydrogen-bond donors (Lipinski definition) is 1. The molecule has 1 saturated carbocycles. The summed E-state index contributed by atoms with van der Waals surface area (Å²) in [7, 11) is 0. The van der Waals surface area contributed by atoms with E-state index in [0.717, 1.165) is 11.8 Å². The van der Waals surface area contributed by atoms with Crippen LogP contribution in [0.5, 0.6) is 0 Å². The zero-order valence-corrected chi connectivity index (χ0v) is 20.1. The molecule has 2 aliphatic rings. The molecule has 0 amide bonds. The normalized spacial score (nSPS) is 24.5. The Kier molecular flexibility index (Phi) is 11.3. The second-order valence-corrected chi connectivity index (χ2v) is 8.50. The minimum atomic E-state index is -0.125. The van der Waals surface area contributed by atoms with Gasteiger partial charge in [-0.15, -0.1) is 12.1 Å². The monoisotopic (exact) mass is 562 g/mol. The van der Waals surface area contributed by atoms with Gasteiger partial charge < -0.3 is 10.4 Å². The van der Waals surface area contributed by atoms with Gasteiger partial charge in [-0.2, -0.15) is 35.4 Å². The van der Waals surface area contributed by atoms with Crippen LogP contribution in [0.4, 0.5) is 0 Å². The number of benzene rings is 1. The van der Waals surface area contributed by atoms with Crippen LogP contribution in [-0.2, 0) is 31.3 Å². The molecule has 1 aromatic rings. The first kappa shape index (κ1) is 25.1. The average Bonchev–Trinajstić information content (AvgIpc) is 2.60. The van der Waals surface area contributed by atoms with Crippen LogP contribution in [0.25, 0.3) is 5.32 Å². The fraction of sp³-hybridized carbons (Fsp3) is 0.625. The van der Waals surface area contributed by atoms with Crippen LogP contribution in [-0.4, -0.2) is 16.9 Å². The molecule has 3 atom stereocenters. The van der Waals surface area contributed by atoms with Gasteiger partial charge in [-0.1, -0.05) is 58.3 Å². The quantitative estimate of drug-likeness (QED) is 0.260. The molecule has 28 heavy (non-hydrogen) atoms. The van der Waals surface area contributed by atoms with Crippen LogP contribution in [0.1, 0.15) is 83.4 Å². The number of allylic oxidation sites excluding steroid dienone is 2. The van der Waals surface area contributed by atoms with Gasteiger partial charge in [-0.3, -0.25) is 4.79 Å². The third-order valence-electron chi connectivity index (χ3n) is 5.35. The summed E-state index contributed by atoms with van der Waals surface area (Å²) >= 11 is 0. The van der Waals surface area contributed by atoms with Gasteiger partial charge in [0, 0.05) is 26.2 Å². The smallest absolute Gasteiger partial charge is 0.155 e. The average molecular weight is 562 g/mol. The second kappa shape index (κ2) is 12.6. The fourth-order valence-electron chi connectivity index (χ4n) is 4.25. The van der Waals surface area contributed by atoms with Crippen LogP contribution in [0.2, 0.25) is 0 Å². The molecule has 0 spiro atoms. The van der Waals surface area contributed by atoms with Crippen molar-refractivity contribution in [2.45, 2.75) is 84.7 Å². The van der Waals surface area contributed by atoms with Crippen molar-refractivity contribution in [2.24, 2.45) is 11.8 Å². The molecule has 3 rings (SSSR count). The van der Waals surface area contributed by atoms with Crippen molar-refractivity contribution >= 4 is 5.78 Å². The number of hydrogen-bond acceptors (Lipinski definition) is 2. The number of carbonyl (C=O) groups is 1. The molecule has 1 aromatic carbocycles. The molecule has 1 saturated heterocycles. The number of aliphatic hydroxyl groups is 1. The fourth-order valence-corrected chi connectivity index (χ4v) is 4.25. The summed E-state index contributed by atoms with van der Waals surface area (Å²) in [6.45, 7) is 7.42. The van der Waals surface area contributed by atoms with E-state index in [2.05, 4.69) is 38.1 Å². The Balaban J connectivity index is 0.000000425. The summed E-state index contributed by atoms with van der Waals surface area (Å²) in [6.07, 6.45) is 10.5. The summed E-state index contributed by atoms with van der Waals surface area (Å²) in [5.74, 6) is 1.54. The molecule has 4 heteroatoms. The molecular formula is C24H35IrNO2-2. The van der Waals surface area contributed by atoms with Gasteiger partial charge in [-0.25, -0.2) is 0 Å². The van der Waals surface area contributed by atoms with Gasteiger partial charge in [0.2, 0.25) is 0 Å². The Morgan fingerprint density at radius 2 is 1.96 bits per heavy atom. The molecule has 1 N–H and O–H groups in total. The Morgan fingerprint density at radius 3 is 2.57 bits per heavy atom. The number of ketones is 1. The van der Waals surface area contributed by atoms with Crippen molar-refractivity contribution < 1.29 is 30.0 Å². The van der Waals surface area contributed by atoms with Gasteiger partial charge in [0.05, 0.1) is 5.76 Å². The molecule has 0 bridgehead atoms. The van der Waals surface area contributed by atoms with Gasteiger partial charge in [0.1, 0.15) is 0 Å². The molecule has 3 unspecified atom stereocenters. The van der Waals surface area contributed by atoms with Crippen LogP contribution >= 0.6 is 0 Å². The molecule has 159 valence electrons. The van der Waals surface area contributed by atoms with E-state index >= 15 is 0 Å². The topological polar surface area (TPSA) is 51.4 Å². The Labute approximate surface area is 184 Å². The number of aliphatic hydroxyl groups excluding tert-OH is 1. The summed E-state index contributed by atoms with van der Waals surface area (Å²) in [5, 5.41) is 13.5. The van der Waals surface area contributed by atoms with Gasteiger partial charge in [0.15, 0.2) is 5.78 Å². The van der Waals surface area contributed by atoms with Crippen molar-refractivity contribution in [2.75, 3.05) is 0 Å². The van der Waals surface area contributed by atoms with E-state index in [-0.39, 0.29) is 31.6 Å². The van der Waals surface area contributed by atoms with Crippen LogP contribution in [0, 0.1) is 17.9 Å². The van der Waals surface area contributed by atoms with Crippen molar-refractivity contribution in [3.05, 3.63) is 52.5 Å². The molecule has 1 aliphatic carbocycles. The van der Waals surface area contributed by atoms with E-state index in [1.807, 2.05) is 0 Å². The third-order valence-corrected chi connectivity index (χ3v) is 5.35. The maximum absolute atomic E-state index is 10.0. The van der Waals surface area contributed by atoms with E-state index in [1.165, 1.54) is 76.0 Å². The number of nitrogens with zero attached hydrogens (tertiary/aromatic N) is 1. The number of piperidine rings is 1. The molecule has 1 aliphatic heterocycles. The molecular weight excluding hydrogens is 526 g/mol.